The van der Waals surface area contributed by atoms with Crippen molar-refractivity contribution in [3.8, 4) is 5.75 Å². The van der Waals surface area contributed by atoms with Crippen molar-refractivity contribution in [1.82, 2.24) is 4.98 Å². The van der Waals surface area contributed by atoms with E-state index in [1.165, 1.54) is 6.20 Å². The van der Waals surface area contributed by atoms with Crippen molar-refractivity contribution in [3.63, 3.8) is 0 Å². The maximum absolute atomic E-state index is 11.8. The number of para-hydroxylation sites is 3. The SMILES string of the molecule is CCCOc1ccccc1Nc1c(C(=O)[O-])cnc2c(N3CCOCC3)cccc12. The molecule has 0 amide bonds. The average Bonchev–Trinajstić information content (AvgIpc) is 2.78. The van der Waals surface area contributed by atoms with Gasteiger partial charge in [0.1, 0.15) is 5.75 Å². The van der Waals surface area contributed by atoms with Gasteiger partial charge in [-0.1, -0.05) is 31.2 Å². The molecule has 1 N–H and O–H groups in total. The first-order valence-electron chi connectivity index (χ1n) is 10.1. The molecule has 0 spiro atoms. The quantitative estimate of drug-likeness (QED) is 0.645. The molecule has 0 bridgehead atoms. The van der Waals surface area contributed by atoms with Gasteiger partial charge in [0.2, 0.25) is 0 Å². The summed E-state index contributed by atoms with van der Waals surface area (Å²) in [6.07, 6.45) is 2.24. The highest BCUT2D eigenvalue weighted by Gasteiger charge is 2.18. The van der Waals surface area contributed by atoms with Gasteiger partial charge < -0.3 is 29.6 Å². The molecule has 1 saturated heterocycles. The van der Waals surface area contributed by atoms with Crippen LogP contribution in [0.4, 0.5) is 17.1 Å². The average molecular weight is 406 g/mol. The number of benzene rings is 2. The third-order valence-electron chi connectivity index (χ3n) is 5.06. The van der Waals surface area contributed by atoms with Gasteiger partial charge in [0.05, 0.1) is 48.4 Å². The normalized spacial score (nSPS) is 14.0. The molecule has 0 atom stereocenters. The van der Waals surface area contributed by atoms with Crippen LogP contribution in [-0.2, 0) is 4.74 Å². The van der Waals surface area contributed by atoms with E-state index < -0.39 is 5.97 Å². The Morgan fingerprint density at radius 1 is 1.20 bits per heavy atom. The predicted octanol–water partition coefficient (Wildman–Crippen LogP) is 2.97. The van der Waals surface area contributed by atoms with Crippen LogP contribution in [0.3, 0.4) is 0 Å². The van der Waals surface area contributed by atoms with Crippen molar-refractivity contribution in [2.24, 2.45) is 0 Å². The Bertz CT molecular complexity index is 1050. The Morgan fingerprint density at radius 2 is 2.00 bits per heavy atom. The van der Waals surface area contributed by atoms with Crippen molar-refractivity contribution in [2.45, 2.75) is 13.3 Å². The lowest BCUT2D eigenvalue weighted by molar-refractivity contribution is -0.254. The van der Waals surface area contributed by atoms with E-state index in [0.717, 1.165) is 30.7 Å². The summed E-state index contributed by atoms with van der Waals surface area (Å²) in [7, 11) is 0. The molecule has 0 saturated carbocycles. The summed E-state index contributed by atoms with van der Waals surface area (Å²) in [5.74, 6) is -0.617. The van der Waals surface area contributed by atoms with Gasteiger partial charge in [-0.15, -0.1) is 0 Å². The molecular weight excluding hydrogens is 382 g/mol. The zero-order chi connectivity index (χ0) is 20.9. The fourth-order valence-electron chi connectivity index (χ4n) is 3.60. The van der Waals surface area contributed by atoms with Crippen LogP contribution in [0.25, 0.3) is 10.9 Å². The largest absolute Gasteiger partial charge is 0.545 e. The second kappa shape index (κ2) is 9.00. The van der Waals surface area contributed by atoms with Crippen LogP contribution in [0.2, 0.25) is 0 Å². The molecule has 0 radical (unpaired) electrons. The highest BCUT2D eigenvalue weighted by Crippen LogP contribution is 2.36. The lowest BCUT2D eigenvalue weighted by Gasteiger charge is -2.30. The van der Waals surface area contributed by atoms with Crippen molar-refractivity contribution in [2.75, 3.05) is 43.1 Å². The predicted molar refractivity (Wildman–Crippen MR) is 115 cm³/mol. The first-order valence-corrected chi connectivity index (χ1v) is 10.1. The topological polar surface area (TPSA) is 86.8 Å². The molecule has 1 aliphatic heterocycles. The van der Waals surface area contributed by atoms with E-state index in [2.05, 4.69) is 15.2 Å². The number of pyridine rings is 1. The van der Waals surface area contributed by atoms with E-state index >= 15 is 0 Å². The van der Waals surface area contributed by atoms with Crippen LogP contribution in [0, 0.1) is 0 Å². The van der Waals surface area contributed by atoms with Crippen LogP contribution in [0.15, 0.2) is 48.7 Å². The summed E-state index contributed by atoms with van der Waals surface area (Å²) in [4.78, 5) is 18.5. The Hall–Kier alpha value is -3.32. The molecule has 156 valence electrons. The zero-order valence-electron chi connectivity index (χ0n) is 16.9. The molecule has 2 heterocycles. The van der Waals surface area contributed by atoms with Crippen molar-refractivity contribution >= 4 is 33.9 Å². The number of anilines is 3. The number of hydrogen-bond donors (Lipinski definition) is 1. The Labute approximate surface area is 175 Å². The minimum Gasteiger partial charge on any atom is -0.545 e. The molecule has 30 heavy (non-hydrogen) atoms. The number of carbonyl (C=O) groups excluding carboxylic acids is 1. The number of rotatable bonds is 7. The minimum absolute atomic E-state index is 0.00641. The van der Waals surface area contributed by atoms with Gasteiger partial charge in [0, 0.05) is 30.2 Å². The summed E-state index contributed by atoms with van der Waals surface area (Å²) in [5.41, 5.74) is 2.84. The maximum atomic E-state index is 11.8. The number of carbonyl (C=O) groups is 1. The number of ether oxygens (including phenoxy) is 2. The summed E-state index contributed by atoms with van der Waals surface area (Å²) >= 11 is 0. The molecule has 0 unspecified atom stereocenters. The molecule has 7 heteroatoms. The lowest BCUT2D eigenvalue weighted by Crippen LogP contribution is -2.36. The first kappa shape index (κ1) is 20.0. The van der Waals surface area contributed by atoms with Crippen LogP contribution in [0.1, 0.15) is 23.7 Å². The minimum atomic E-state index is -1.28. The number of fused-ring (bicyclic) bond motifs is 1. The Morgan fingerprint density at radius 3 is 2.77 bits per heavy atom. The number of morpholine rings is 1. The van der Waals surface area contributed by atoms with Gasteiger partial charge in [0.15, 0.2) is 0 Å². The molecule has 0 aliphatic carbocycles. The standard InChI is InChI=1S/C23H25N3O4/c1-2-12-30-20-9-4-3-7-18(20)25-21-16-6-5-8-19(26-10-13-29-14-11-26)22(16)24-15-17(21)23(27)28/h3-9,15H,2,10-14H2,1H3,(H,24,25)(H,27,28)/p-1. The van der Waals surface area contributed by atoms with E-state index in [1.807, 2.05) is 49.4 Å². The van der Waals surface area contributed by atoms with Gasteiger partial charge in [-0.2, -0.15) is 0 Å². The van der Waals surface area contributed by atoms with E-state index in [0.29, 0.717) is 42.3 Å². The van der Waals surface area contributed by atoms with Gasteiger partial charge in [0.25, 0.3) is 0 Å². The van der Waals surface area contributed by atoms with Crippen LogP contribution < -0.4 is 20.1 Å². The second-order valence-electron chi connectivity index (χ2n) is 7.08. The van der Waals surface area contributed by atoms with Gasteiger partial charge in [-0.25, -0.2) is 0 Å². The van der Waals surface area contributed by atoms with Crippen LogP contribution >= 0.6 is 0 Å². The highest BCUT2D eigenvalue weighted by atomic mass is 16.5. The molecule has 1 fully saturated rings. The van der Waals surface area contributed by atoms with E-state index in [1.54, 1.807) is 0 Å². The molecule has 7 nitrogen and oxygen atoms in total. The highest BCUT2D eigenvalue weighted by molar-refractivity contribution is 6.08. The van der Waals surface area contributed by atoms with Gasteiger partial charge in [-0.05, 0) is 24.6 Å². The molecular formula is C23H24N3O4-. The van der Waals surface area contributed by atoms with E-state index in [-0.39, 0.29) is 5.56 Å². The third kappa shape index (κ3) is 4.02. The van der Waals surface area contributed by atoms with Crippen molar-refractivity contribution in [1.29, 1.82) is 0 Å². The number of nitrogens with zero attached hydrogens (tertiary/aromatic N) is 2. The zero-order valence-corrected chi connectivity index (χ0v) is 16.9. The monoisotopic (exact) mass is 406 g/mol. The Kier molecular flexibility index (Phi) is 5.99. The number of nitrogens with one attached hydrogen (secondary N) is 1. The third-order valence-corrected chi connectivity index (χ3v) is 5.06. The number of aromatic nitrogens is 1. The van der Waals surface area contributed by atoms with E-state index in [4.69, 9.17) is 9.47 Å². The first-order chi connectivity index (χ1) is 14.7. The fourth-order valence-corrected chi connectivity index (χ4v) is 3.60. The van der Waals surface area contributed by atoms with E-state index in [9.17, 15) is 9.90 Å². The molecule has 4 rings (SSSR count). The molecule has 1 aliphatic rings. The smallest absolute Gasteiger partial charge is 0.142 e. The fraction of sp³-hybridized carbons (Fsp3) is 0.304. The number of carboxylic acids is 1. The van der Waals surface area contributed by atoms with Crippen LogP contribution in [0.5, 0.6) is 5.75 Å². The molecule has 3 aromatic rings. The van der Waals surface area contributed by atoms with Gasteiger partial charge in [-0.3, -0.25) is 4.98 Å². The molecule has 1 aromatic heterocycles. The summed E-state index contributed by atoms with van der Waals surface area (Å²) in [6, 6.07) is 13.3. The van der Waals surface area contributed by atoms with Crippen molar-refractivity contribution in [3.05, 3.63) is 54.2 Å². The lowest BCUT2D eigenvalue weighted by atomic mass is 10.1. The van der Waals surface area contributed by atoms with Gasteiger partial charge >= 0.3 is 0 Å². The summed E-state index contributed by atoms with van der Waals surface area (Å²) in [6.45, 7) is 5.44. The maximum Gasteiger partial charge on any atom is 0.142 e. The number of carboxylic acid groups (broad SMARTS) is 1. The Balaban J connectivity index is 1.82. The number of hydrogen-bond acceptors (Lipinski definition) is 7. The second-order valence-corrected chi connectivity index (χ2v) is 7.08. The van der Waals surface area contributed by atoms with Crippen LogP contribution in [-0.4, -0.2) is 43.9 Å². The molecule has 2 aromatic carbocycles. The summed E-state index contributed by atoms with van der Waals surface area (Å²) in [5, 5.41) is 15.8. The summed E-state index contributed by atoms with van der Waals surface area (Å²) < 4.78 is 11.3. The van der Waals surface area contributed by atoms with Crippen molar-refractivity contribution < 1.29 is 19.4 Å². The number of aromatic carboxylic acids is 1.